The number of nitrogens with zero attached hydrogens (tertiary/aromatic N) is 2. The number of nitrogens with one attached hydrogen (secondary N) is 1. The summed E-state index contributed by atoms with van der Waals surface area (Å²) in [6.45, 7) is 1.80. The number of amides is 1. The molecule has 5 nitrogen and oxygen atoms in total. The first kappa shape index (κ1) is 11.2. The molecule has 0 radical (unpaired) electrons. The third-order valence-corrected chi connectivity index (χ3v) is 2.40. The first-order valence-electron chi connectivity index (χ1n) is 5.23. The van der Waals surface area contributed by atoms with Crippen molar-refractivity contribution in [3.8, 4) is 0 Å². The van der Waals surface area contributed by atoms with E-state index in [1.165, 1.54) is 0 Å². The Hall–Kier alpha value is -2.30. The summed E-state index contributed by atoms with van der Waals surface area (Å²) < 4.78 is 1.61. The standard InChI is InChI=1S/C12H14N4O/c1-8-11(7-16(2)15-8)12(17)14-10-5-3-4-9(13)6-10/h3-7H,13H2,1-2H3,(H,14,17). The predicted octanol–water partition coefficient (Wildman–Crippen LogP) is 1.56. The summed E-state index contributed by atoms with van der Waals surface area (Å²) >= 11 is 0. The summed E-state index contributed by atoms with van der Waals surface area (Å²) in [6, 6.07) is 7.07. The van der Waals surface area contributed by atoms with E-state index in [1.54, 1.807) is 49.1 Å². The van der Waals surface area contributed by atoms with Crippen LogP contribution in [0, 0.1) is 6.92 Å². The normalized spacial score (nSPS) is 10.2. The summed E-state index contributed by atoms with van der Waals surface area (Å²) in [5.41, 5.74) is 8.20. The first-order valence-corrected chi connectivity index (χ1v) is 5.23. The van der Waals surface area contributed by atoms with Crippen LogP contribution in [0.5, 0.6) is 0 Å². The van der Waals surface area contributed by atoms with Crippen molar-refractivity contribution in [3.63, 3.8) is 0 Å². The first-order chi connectivity index (χ1) is 8.06. The van der Waals surface area contributed by atoms with Gasteiger partial charge in [-0.15, -0.1) is 0 Å². The molecule has 0 aliphatic rings. The summed E-state index contributed by atoms with van der Waals surface area (Å²) in [5, 5.41) is 6.90. The van der Waals surface area contributed by atoms with E-state index in [2.05, 4.69) is 10.4 Å². The second-order valence-electron chi connectivity index (χ2n) is 3.88. The third-order valence-electron chi connectivity index (χ3n) is 2.40. The molecule has 2 rings (SSSR count). The molecule has 1 amide bonds. The second-order valence-corrected chi connectivity index (χ2v) is 3.88. The molecular formula is C12H14N4O. The van der Waals surface area contributed by atoms with Crippen molar-refractivity contribution in [2.45, 2.75) is 6.92 Å². The van der Waals surface area contributed by atoms with E-state index in [4.69, 9.17) is 5.73 Å². The van der Waals surface area contributed by atoms with E-state index >= 15 is 0 Å². The van der Waals surface area contributed by atoms with Crippen LogP contribution in [0.25, 0.3) is 0 Å². The SMILES string of the molecule is Cc1nn(C)cc1C(=O)Nc1cccc(N)c1. The molecule has 0 atom stereocenters. The Balaban J connectivity index is 2.20. The number of carbonyl (C=O) groups is 1. The Bertz CT molecular complexity index is 559. The van der Waals surface area contributed by atoms with Crippen molar-refractivity contribution < 1.29 is 4.79 Å². The molecule has 0 bridgehead atoms. The smallest absolute Gasteiger partial charge is 0.259 e. The van der Waals surface area contributed by atoms with E-state index < -0.39 is 0 Å². The van der Waals surface area contributed by atoms with Gasteiger partial charge in [0.15, 0.2) is 0 Å². The monoisotopic (exact) mass is 230 g/mol. The maximum absolute atomic E-state index is 12.0. The zero-order valence-corrected chi connectivity index (χ0v) is 9.77. The lowest BCUT2D eigenvalue weighted by Crippen LogP contribution is -2.12. The molecule has 0 aliphatic heterocycles. The lowest BCUT2D eigenvalue weighted by molar-refractivity contribution is 0.102. The summed E-state index contributed by atoms with van der Waals surface area (Å²) in [6.07, 6.45) is 1.69. The number of hydrogen-bond donors (Lipinski definition) is 2. The average molecular weight is 230 g/mol. The number of carbonyl (C=O) groups excluding carboxylic acids is 1. The molecule has 17 heavy (non-hydrogen) atoms. The summed E-state index contributed by atoms with van der Waals surface area (Å²) in [4.78, 5) is 12.0. The quantitative estimate of drug-likeness (QED) is 0.769. The highest BCUT2D eigenvalue weighted by Gasteiger charge is 2.12. The maximum atomic E-state index is 12.0. The molecule has 0 unspecified atom stereocenters. The Kier molecular flexibility index (Phi) is 2.82. The lowest BCUT2D eigenvalue weighted by Gasteiger charge is -2.04. The van der Waals surface area contributed by atoms with Gasteiger partial charge in [-0.25, -0.2) is 0 Å². The summed E-state index contributed by atoms with van der Waals surface area (Å²) in [5.74, 6) is -0.179. The number of nitrogens with two attached hydrogens (primary N) is 1. The van der Waals surface area contributed by atoms with Gasteiger partial charge in [-0.05, 0) is 25.1 Å². The molecule has 0 saturated carbocycles. The molecule has 0 spiro atoms. The Labute approximate surface area is 99.2 Å². The van der Waals surface area contributed by atoms with Crippen molar-refractivity contribution in [1.29, 1.82) is 0 Å². The van der Waals surface area contributed by atoms with Crippen LogP contribution in [0.2, 0.25) is 0 Å². The van der Waals surface area contributed by atoms with Gasteiger partial charge in [0.2, 0.25) is 0 Å². The van der Waals surface area contributed by atoms with Gasteiger partial charge >= 0.3 is 0 Å². The Morgan fingerprint density at radius 3 is 2.82 bits per heavy atom. The number of aromatic nitrogens is 2. The molecule has 2 aromatic rings. The van der Waals surface area contributed by atoms with Crippen LogP contribution < -0.4 is 11.1 Å². The zero-order valence-electron chi connectivity index (χ0n) is 9.77. The van der Waals surface area contributed by atoms with Gasteiger partial charge in [0.25, 0.3) is 5.91 Å². The van der Waals surface area contributed by atoms with E-state index in [1.807, 2.05) is 0 Å². The molecule has 88 valence electrons. The number of rotatable bonds is 2. The van der Waals surface area contributed by atoms with Crippen LogP contribution in [0.3, 0.4) is 0 Å². The van der Waals surface area contributed by atoms with Crippen LogP contribution in [0.1, 0.15) is 16.1 Å². The average Bonchev–Trinajstić information content (AvgIpc) is 2.58. The van der Waals surface area contributed by atoms with Gasteiger partial charge in [0, 0.05) is 24.6 Å². The van der Waals surface area contributed by atoms with Crippen molar-refractivity contribution in [1.82, 2.24) is 9.78 Å². The largest absolute Gasteiger partial charge is 0.399 e. The maximum Gasteiger partial charge on any atom is 0.259 e. The zero-order chi connectivity index (χ0) is 12.4. The van der Waals surface area contributed by atoms with Crippen LogP contribution in [0.15, 0.2) is 30.5 Å². The van der Waals surface area contributed by atoms with Gasteiger partial charge in [-0.2, -0.15) is 5.10 Å². The highest BCUT2D eigenvalue weighted by molar-refractivity contribution is 6.05. The van der Waals surface area contributed by atoms with Gasteiger partial charge in [-0.1, -0.05) is 6.07 Å². The van der Waals surface area contributed by atoms with Gasteiger partial charge < -0.3 is 11.1 Å². The molecular weight excluding hydrogens is 216 g/mol. The summed E-state index contributed by atoms with van der Waals surface area (Å²) in [7, 11) is 1.78. The topological polar surface area (TPSA) is 72.9 Å². The Morgan fingerprint density at radius 2 is 2.24 bits per heavy atom. The number of aryl methyl sites for hydroxylation is 2. The second kappa shape index (κ2) is 4.29. The number of anilines is 2. The lowest BCUT2D eigenvalue weighted by atomic mass is 10.2. The minimum atomic E-state index is -0.179. The van der Waals surface area contributed by atoms with E-state index in [-0.39, 0.29) is 5.91 Å². The van der Waals surface area contributed by atoms with Crippen LogP contribution in [-0.2, 0) is 7.05 Å². The van der Waals surface area contributed by atoms with Crippen molar-refractivity contribution in [3.05, 3.63) is 41.7 Å². The molecule has 1 aromatic heterocycles. The van der Waals surface area contributed by atoms with Crippen molar-refractivity contribution in [2.75, 3.05) is 11.1 Å². The van der Waals surface area contributed by atoms with E-state index in [0.29, 0.717) is 22.6 Å². The Morgan fingerprint density at radius 1 is 1.47 bits per heavy atom. The molecule has 5 heteroatoms. The minimum absolute atomic E-state index is 0.179. The molecule has 0 aliphatic carbocycles. The minimum Gasteiger partial charge on any atom is -0.399 e. The van der Waals surface area contributed by atoms with Crippen LogP contribution in [0.4, 0.5) is 11.4 Å². The highest BCUT2D eigenvalue weighted by Crippen LogP contribution is 2.14. The third kappa shape index (κ3) is 2.44. The van der Waals surface area contributed by atoms with E-state index in [0.717, 1.165) is 0 Å². The molecule has 1 heterocycles. The molecule has 1 aromatic carbocycles. The van der Waals surface area contributed by atoms with Crippen LogP contribution >= 0.6 is 0 Å². The van der Waals surface area contributed by atoms with Gasteiger partial charge in [0.1, 0.15) is 0 Å². The van der Waals surface area contributed by atoms with Gasteiger partial charge in [-0.3, -0.25) is 9.48 Å². The number of hydrogen-bond acceptors (Lipinski definition) is 3. The fourth-order valence-electron chi connectivity index (χ4n) is 1.64. The van der Waals surface area contributed by atoms with Crippen molar-refractivity contribution >= 4 is 17.3 Å². The molecule has 0 saturated heterocycles. The fourth-order valence-corrected chi connectivity index (χ4v) is 1.64. The molecule has 0 fully saturated rings. The highest BCUT2D eigenvalue weighted by atomic mass is 16.1. The number of benzene rings is 1. The molecule has 3 N–H and O–H groups in total. The predicted molar refractivity (Wildman–Crippen MR) is 66.8 cm³/mol. The fraction of sp³-hybridized carbons (Fsp3) is 0.167. The number of nitrogen functional groups attached to an aromatic ring is 1. The van der Waals surface area contributed by atoms with Crippen molar-refractivity contribution in [2.24, 2.45) is 7.05 Å². The van der Waals surface area contributed by atoms with Crippen LogP contribution in [-0.4, -0.2) is 15.7 Å². The van der Waals surface area contributed by atoms with E-state index in [9.17, 15) is 4.79 Å². The van der Waals surface area contributed by atoms with Gasteiger partial charge in [0.05, 0.1) is 11.3 Å².